The molecule has 0 radical (unpaired) electrons. The van der Waals surface area contributed by atoms with E-state index in [1.807, 2.05) is 0 Å². The van der Waals surface area contributed by atoms with Gasteiger partial charge in [0.2, 0.25) is 5.91 Å². The minimum Gasteiger partial charge on any atom is -0.340 e. The van der Waals surface area contributed by atoms with E-state index in [1.165, 1.54) is 0 Å². The summed E-state index contributed by atoms with van der Waals surface area (Å²) in [6, 6.07) is 0.680. The summed E-state index contributed by atoms with van der Waals surface area (Å²) in [5.74, 6) is 0.953. The van der Waals surface area contributed by atoms with E-state index in [2.05, 4.69) is 32.6 Å². The average Bonchev–Trinajstić information content (AvgIpc) is 2.72. The number of carbonyl (C=O) groups excluding carboxylic acids is 1. The highest BCUT2D eigenvalue weighted by Gasteiger charge is 2.47. The molecule has 1 amide bonds. The van der Waals surface area contributed by atoms with Gasteiger partial charge in [0, 0.05) is 24.5 Å². The van der Waals surface area contributed by atoms with Crippen LogP contribution in [0.2, 0.25) is 0 Å². The van der Waals surface area contributed by atoms with Crippen LogP contribution < -0.4 is 5.73 Å². The van der Waals surface area contributed by atoms with Crippen molar-refractivity contribution in [2.24, 2.45) is 23.0 Å². The van der Waals surface area contributed by atoms with Crippen molar-refractivity contribution in [1.82, 2.24) is 4.90 Å². The summed E-state index contributed by atoms with van der Waals surface area (Å²) in [6.45, 7) is 9.78. The molecule has 2 N–H and O–H groups in total. The van der Waals surface area contributed by atoms with Crippen LogP contribution in [0, 0.1) is 17.3 Å². The van der Waals surface area contributed by atoms with Gasteiger partial charge in [-0.2, -0.15) is 0 Å². The van der Waals surface area contributed by atoms with Gasteiger partial charge in [-0.25, -0.2) is 0 Å². The van der Waals surface area contributed by atoms with E-state index in [-0.39, 0.29) is 17.4 Å². The minimum absolute atomic E-state index is 0.0249. The summed E-state index contributed by atoms with van der Waals surface area (Å²) in [7, 11) is 0. The molecule has 104 valence electrons. The monoisotopic (exact) mass is 252 g/mol. The molecule has 0 aromatic heterocycles. The van der Waals surface area contributed by atoms with Crippen molar-refractivity contribution < 1.29 is 4.79 Å². The summed E-state index contributed by atoms with van der Waals surface area (Å²) >= 11 is 0. The van der Waals surface area contributed by atoms with E-state index in [4.69, 9.17) is 5.73 Å². The van der Waals surface area contributed by atoms with E-state index in [1.54, 1.807) is 0 Å². The van der Waals surface area contributed by atoms with Crippen LogP contribution in [0.15, 0.2) is 0 Å². The molecule has 4 unspecified atom stereocenters. The Morgan fingerprint density at radius 1 is 1.22 bits per heavy atom. The first-order chi connectivity index (χ1) is 8.35. The number of carbonyl (C=O) groups is 1. The largest absolute Gasteiger partial charge is 0.340 e. The molecule has 0 bridgehead atoms. The standard InChI is InChI=1S/C15H28N2O/c1-10-6-5-9-17(10)14(18)12-7-8-13(16)11(2)15(12,3)4/h10-13H,5-9,16H2,1-4H3. The first-order valence-corrected chi connectivity index (χ1v) is 7.41. The highest BCUT2D eigenvalue weighted by Crippen LogP contribution is 2.45. The Morgan fingerprint density at radius 2 is 1.89 bits per heavy atom. The fraction of sp³-hybridized carbons (Fsp3) is 0.933. The molecule has 1 heterocycles. The van der Waals surface area contributed by atoms with E-state index < -0.39 is 0 Å². The molecule has 4 atom stereocenters. The molecule has 1 saturated heterocycles. The lowest BCUT2D eigenvalue weighted by Crippen LogP contribution is -2.52. The molecule has 0 aromatic rings. The van der Waals surface area contributed by atoms with E-state index >= 15 is 0 Å². The van der Waals surface area contributed by atoms with Crippen LogP contribution in [0.3, 0.4) is 0 Å². The predicted molar refractivity (Wildman–Crippen MR) is 74.1 cm³/mol. The molecule has 2 aliphatic rings. The third-order valence-electron chi connectivity index (χ3n) is 5.64. The van der Waals surface area contributed by atoms with Crippen LogP contribution in [0.5, 0.6) is 0 Å². The second-order valence-electron chi connectivity index (χ2n) is 6.93. The molecule has 3 nitrogen and oxygen atoms in total. The lowest BCUT2D eigenvalue weighted by Gasteiger charge is -2.47. The van der Waals surface area contributed by atoms with Gasteiger partial charge in [0.15, 0.2) is 0 Å². The summed E-state index contributed by atoms with van der Waals surface area (Å²) < 4.78 is 0. The van der Waals surface area contributed by atoms with Crippen molar-refractivity contribution in [2.75, 3.05) is 6.54 Å². The fourth-order valence-electron chi connectivity index (χ4n) is 3.75. The molecular weight excluding hydrogens is 224 g/mol. The summed E-state index contributed by atoms with van der Waals surface area (Å²) in [5.41, 5.74) is 6.20. The van der Waals surface area contributed by atoms with Crippen molar-refractivity contribution in [1.29, 1.82) is 0 Å². The van der Waals surface area contributed by atoms with Gasteiger partial charge in [0.05, 0.1) is 0 Å². The molecule has 0 aromatic carbocycles. The molecular formula is C15H28N2O. The smallest absolute Gasteiger partial charge is 0.226 e. The minimum atomic E-state index is 0.0249. The highest BCUT2D eigenvalue weighted by molar-refractivity contribution is 5.80. The fourth-order valence-corrected chi connectivity index (χ4v) is 3.75. The van der Waals surface area contributed by atoms with Gasteiger partial charge in [-0.05, 0) is 43.9 Å². The van der Waals surface area contributed by atoms with E-state index in [0.29, 0.717) is 17.9 Å². The number of likely N-dealkylation sites (tertiary alicyclic amines) is 1. The van der Waals surface area contributed by atoms with Crippen molar-refractivity contribution in [3.8, 4) is 0 Å². The normalized spacial score (nSPS) is 39.9. The van der Waals surface area contributed by atoms with Crippen LogP contribution >= 0.6 is 0 Å². The third-order valence-corrected chi connectivity index (χ3v) is 5.64. The zero-order valence-corrected chi connectivity index (χ0v) is 12.3. The Hall–Kier alpha value is -0.570. The Bertz CT molecular complexity index is 326. The zero-order chi connectivity index (χ0) is 13.5. The van der Waals surface area contributed by atoms with Crippen molar-refractivity contribution in [3.05, 3.63) is 0 Å². The number of rotatable bonds is 1. The summed E-state index contributed by atoms with van der Waals surface area (Å²) in [6.07, 6.45) is 4.27. The SMILES string of the molecule is CC1CCCN1C(=O)C1CCC(N)C(C)C1(C)C. The van der Waals surface area contributed by atoms with Gasteiger partial charge in [0.25, 0.3) is 0 Å². The van der Waals surface area contributed by atoms with Crippen molar-refractivity contribution >= 4 is 5.91 Å². The molecule has 1 saturated carbocycles. The zero-order valence-electron chi connectivity index (χ0n) is 12.3. The number of amides is 1. The van der Waals surface area contributed by atoms with Gasteiger partial charge >= 0.3 is 0 Å². The highest BCUT2D eigenvalue weighted by atomic mass is 16.2. The van der Waals surface area contributed by atoms with Crippen LogP contribution in [0.4, 0.5) is 0 Å². The molecule has 18 heavy (non-hydrogen) atoms. The Balaban J connectivity index is 2.14. The van der Waals surface area contributed by atoms with Gasteiger partial charge < -0.3 is 10.6 Å². The van der Waals surface area contributed by atoms with Gasteiger partial charge in [0.1, 0.15) is 0 Å². The lowest BCUT2D eigenvalue weighted by molar-refractivity contribution is -0.144. The van der Waals surface area contributed by atoms with E-state index in [0.717, 1.165) is 32.2 Å². The summed E-state index contributed by atoms with van der Waals surface area (Å²) in [4.78, 5) is 14.9. The number of nitrogens with zero attached hydrogens (tertiary/aromatic N) is 1. The maximum atomic E-state index is 12.8. The first kappa shape index (κ1) is 13.9. The molecule has 2 rings (SSSR count). The van der Waals surface area contributed by atoms with Crippen LogP contribution in [-0.4, -0.2) is 29.4 Å². The second-order valence-corrected chi connectivity index (χ2v) is 6.93. The molecule has 3 heteroatoms. The van der Waals surface area contributed by atoms with Crippen LogP contribution in [0.1, 0.15) is 53.4 Å². The molecule has 0 spiro atoms. The number of hydrogen-bond donors (Lipinski definition) is 1. The van der Waals surface area contributed by atoms with Crippen molar-refractivity contribution in [2.45, 2.75) is 65.5 Å². The third kappa shape index (κ3) is 2.18. The van der Waals surface area contributed by atoms with E-state index in [9.17, 15) is 4.79 Å². The molecule has 1 aliphatic heterocycles. The second kappa shape index (κ2) is 4.84. The molecule has 1 aliphatic carbocycles. The number of hydrogen-bond acceptors (Lipinski definition) is 2. The summed E-state index contributed by atoms with van der Waals surface area (Å²) in [5, 5.41) is 0. The lowest BCUT2D eigenvalue weighted by atomic mass is 9.60. The molecule has 2 fully saturated rings. The Morgan fingerprint density at radius 3 is 2.44 bits per heavy atom. The van der Waals surface area contributed by atoms with Crippen LogP contribution in [-0.2, 0) is 4.79 Å². The Labute approximate surface area is 111 Å². The van der Waals surface area contributed by atoms with Crippen LogP contribution in [0.25, 0.3) is 0 Å². The van der Waals surface area contributed by atoms with Gasteiger partial charge in [-0.1, -0.05) is 20.8 Å². The van der Waals surface area contributed by atoms with Gasteiger partial charge in [-0.15, -0.1) is 0 Å². The predicted octanol–water partition coefficient (Wildman–Crippen LogP) is 2.40. The first-order valence-electron chi connectivity index (χ1n) is 7.41. The maximum Gasteiger partial charge on any atom is 0.226 e. The quantitative estimate of drug-likeness (QED) is 0.779. The van der Waals surface area contributed by atoms with Gasteiger partial charge in [-0.3, -0.25) is 4.79 Å². The maximum absolute atomic E-state index is 12.8. The Kier molecular flexibility index (Phi) is 3.72. The average molecular weight is 252 g/mol. The topological polar surface area (TPSA) is 46.3 Å². The number of nitrogens with two attached hydrogens (primary N) is 1. The van der Waals surface area contributed by atoms with Crippen molar-refractivity contribution in [3.63, 3.8) is 0 Å².